The number of carboxylic acid groups (broad SMARTS) is 1. The molecule has 3 rings (SSSR count). The van der Waals surface area contributed by atoms with Gasteiger partial charge in [-0.15, -0.1) is 0 Å². The Morgan fingerprint density at radius 2 is 2.10 bits per heavy atom. The van der Waals surface area contributed by atoms with Crippen molar-refractivity contribution in [2.24, 2.45) is 0 Å². The molecule has 0 fully saturated rings. The third kappa shape index (κ3) is 2.12. The lowest BCUT2D eigenvalue weighted by Crippen LogP contribution is -1.90. The number of benzene rings is 2. The van der Waals surface area contributed by atoms with Crippen molar-refractivity contribution in [2.45, 2.75) is 0 Å². The Labute approximate surface area is 119 Å². The van der Waals surface area contributed by atoms with Gasteiger partial charge in [0.2, 0.25) is 0 Å². The summed E-state index contributed by atoms with van der Waals surface area (Å²) in [6, 6.07) is 13.3. The number of nitrogens with zero attached hydrogens (tertiary/aromatic N) is 1. The molecule has 0 atom stereocenters. The zero-order valence-electron chi connectivity index (χ0n) is 10.7. The van der Waals surface area contributed by atoms with Gasteiger partial charge in [-0.25, -0.2) is 4.79 Å². The van der Waals surface area contributed by atoms with E-state index in [1.165, 1.54) is 0 Å². The summed E-state index contributed by atoms with van der Waals surface area (Å²) >= 11 is 0.990. The van der Waals surface area contributed by atoms with Crippen LogP contribution >= 0.6 is 11.5 Å². The van der Waals surface area contributed by atoms with Crippen molar-refractivity contribution >= 4 is 28.3 Å². The van der Waals surface area contributed by atoms with Crippen molar-refractivity contribution in [1.82, 2.24) is 4.37 Å². The highest BCUT2D eigenvalue weighted by Crippen LogP contribution is 2.31. The molecule has 0 spiro atoms. The molecule has 3 aromatic rings. The summed E-state index contributed by atoms with van der Waals surface area (Å²) in [6.07, 6.45) is 0. The van der Waals surface area contributed by atoms with Crippen molar-refractivity contribution < 1.29 is 14.6 Å². The Balaban J connectivity index is 2.21. The van der Waals surface area contributed by atoms with Crippen LogP contribution in [0.1, 0.15) is 9.67 Å². The predicted molar refractivity (Wildman–Crippen MR) is 78.6 cm³/mol. The molecule has 0 aliphatic carbocycles. The van der Waals surface area contributed by atoms with Crippen LogP contribution in [0, 0.1) is 0 Å². The predicted octanol–water partition coefficient (Wildman–Crippen LogP) is 3.67. The minimum atomic E-state index is -0.952. The maximum Gasteiger partial charge on any atom is 0.347 e. The first-order chi connectivity index (χ1) is 9.69. The summed E-state index contributed by atoms with van der Waals surface area (Å²) in [5.74, 6) is -0.190. The lowest BCUT2D eigenvalue weighted by atomic mass is 10.0. The average molecular weight is 285 g/mol. The van der Waals surface area contributed by atoms with E-state index in [0.29, 0.717) is 5.69 Å². The fraction of sp³-hybridized carbons (Fsp3) is 0.0667. The van der Waals surface area contributed by atoms with E-state index < -0.39 is 5.97 Å². The number of rotatable bonds is 3. The maximum absolute atomic E-state index is 11.0. The molecule has 0 unspecified atom stereocenters. The van der Waals surface area contributed by atoms with Crippen LogP contribution in [-0.2, 0) is 0 Å². The summed E-state index contributed by atoms with van der Waals surface area (Å²) in [5, 5.41) is 11.0. The summed E-state index contributed by atoms with van der Waals surface area (Å²) in [7, 11) is 1.62. The van der Waals surface area contributed by atoms with Crippen LogP contribution in [0.2, 0.25) is 0 Å². The van der Waals surface area contributed by atoms with Gasteiger partial charge in [-0.2, -0.15) is 4.37 Å². The summed E-state index contributed by atoms with van der Waals surface area (Å²) in [5.41, 5.74) is 1.58. The van der Waals surface area contributed by atoms with Crippen LogP contribution in [-0.4, -0.2) is 22.6 Å². The van der Waals surface area contributed by atoms with Gasteiger partial charge >= 0.3 is 5.97 Å². The minimum absolute atomic E-state index is 0.236. The van der Waals surface area contributed by atoms with Crippen LogP contribution in [0.3, 0.4) is 0 Å². The number of methoxy groups -OCH3 is 1. The van der Waals surface area contributed by atoms with E-state index in [-0.39, 0.29) is 4.88 Å². The fourth-order valence-electron chi connectivity index (χ4n) is 2.11. The fourth-order valence-corrected chi connectivity index (χ4v) is 2.70. The highest BCUT2D eigenvalue weighted by molar-refractivity contribution is 7.08. The van der Waals surface area contributed by atoms with Gasteiger partial charge < -0.3 is 9.84 Å². The summed E-state index contributed by atoms with van der Waals surface area (Å²) in [4.78, 5) is 11.2. The Kier molecular flexibility index (Phi) is 3.12. The van der Waals surface area contributed by atoms with E-state index in [4.69, 9.17) is 9.84 Å². The van der Waals surface area contributed by atoms with E-state index in [2.05, 4.69) is 4.37 Å². The van der Waals surface area contributed by atoms with Crippen molar-refractivity contribution in [3.63, 3.8) is 0 Å². The van der Waals surface area contributed by atoms with Gasteiger partial charge in [-0.1, -0.05) is 24.3 Å². The minimum Gasteiger partial charge on any atom is -0.497 e. The topological polar surface area (TPSA) is 59.4 Å². The van der Waals surface area contributed by atoms with E-state index in [1.807, 2.05) is 36.4 Å². The highest BCUT2D eigenvalue weighted by Gasteiger charge is 2.12. The van der Waals surface area contributed by atoms with E-state index >= 15 is 0 Å². The molecule has 0 radical (unpaired) electrons. The normalized spacial score (nSPS) is 10.7. The molecule has 4 nitrogen and oxygen atoms in total. The van der Waals surface area contributed by atoms with E-state index in [1.54, 1.807) is 13.2 Å². The molecule has 100 valence electrons. The third-order valence-corrected chi connectivity index (χ3v) is 3.86. The quantitative estimate of drug-likeness (QED) is 0.797. The van der Waals surface area contributed by atoms with Crippen LogP contribution in [0.5, 0.6) is 5.75 Å². The molecule has 0 aliphatic heterocycles. The highest BCUT2D eigenvalue weighted by atomic mass is 32.1. The molecule has 0 saturated heterocycles. The molecule has 20 heavy (non-hydrogen) atoms. The standard InChI is InChI=1S/C15H11NO3S/c1-19-10-6-5-9-3-2-4-11(12(9)7-10)13-8-14(15(17)18)20-16-13/h2-8H,1H3,(H,17,18). The van der Waals surface area contributed by atoms with Gasteiger partial charge in [-0.3, -0.25) is 0 Å². The maximum atomic E-state index is 11.0. The van der Waals surface area contributed by atoms with Crippen LogP contribution < -0.4 is 4.74 Å². The molecular formula is C15H11NO3S. The average Bonchev–Trinajstić information content (AvgIpc) is 2.96. The van der Waals surface area contributed by atoms with Gasteiger partial charge in [0.05, 0.1) is 12.8 Å². The zero-order valence-corrected chi connectivity index (χ0v) is 11.5. The first kappa shape index (κ1) is 12.6. The molecule has 2 aromatic carbocycles. The Morgan fingerprint density at radius 3 is 2.80 bits per heavy atom. The summed E-state index contributed by atoms with van der Waals surface area (Å²) in [6.45, 7) is 0. The van der Waals surface area contributed by atoms with Crippen LogP contribution in [0.4, 0.5) is 0 Å². The molecule has 0 aliphatic rings. The number of carbonyl (C=O) groups is 1. The van der Waals surface area contributed by atoms with E-state index in [0.717, 1.165) is 33.6 Å². The number of aromatic carboxylic acids is 1. The lowest BCUT2D eigenvalue weighted by Gasteiger charge is -2.06. The van der Waals surface area contributed by atoms with Crippen LogP contribution in [0.25, 0.3) is 22.0 Å². The Hall–Kier alpha value is -2.40. The second-order valence-corrected chi connectivity index (χ2v) is 5.08. The van der Waals surface area contributed by atoms with Crippen molar-refractivity contribution in [3.8, 4) is 17.0 Å². The summed E-state index contributed by atoms with van der Waals surface area (Å²) < 4.78 is 9.48. The monoisotopic (exact) mass is 285 g/mol. The Bertz CT molecular complexity index is 795. The van der Waals surface area contributed by atoms with E-state index in [9.17, 15) is 4.79 Å². The molecule has 1 aromatic heterocycles. The number of ether oxygens (including phenoxy) is 1. The largest absolute Gasteiger partial charge is 0.497 e. The second kappa shape index (κ2) is 4.94. The first-order valence-corrected chi connectivity index (χ1v) is 6.73. The van der Waals surface area contributed by atoms with Gasteiger partial charge in [0.15, 0.2) is 0 Å². The molecule has 5 heteroatoms. The second-order valence-electron chi connectivity index (χ2n) is 4.27. The molecule has 0 bridgehead atoms. The molecule has 0 amide bonds. The number of hydrogen-bond donors (Lipinski definition) is 1. The van der Waals surface area contributed by atoms with Gasteiger partial charge in [0.1, 0.15) is 10.6 Å². The van der Waals surface area contributed by atoms with Gasteiger partial charge in [0.25, 0.3) is 0 Å². The smallest absolute Gasteiger partial charge is 0.347 e. The molecule has 0 saturated carbocycles. The number of fused-ring (bicyclic) bond motifs is 1. The zero-order chi connectivity index (χ0) is 14.1. The van der Waals surface area contributed by atoms with Gasteiger partial charge in [-0.05, 0) is 40.5 Å². The van der Waals surface area contributed by atoms with Crippen molar-refractivity contribution in [3.05, 3.63) is 47.3 Å². The molecule has 1 N–H and O–H groups in total. The SMILES string of the molecule is COc1ccc2cccc(-c3cc(C(=O)O)sn3)c2c1. The molecular weight excluding hydrogens is 274 g/mol. The Morgan fingerprint density at radius 1 is 1.25 bits per heavy atom. The van der Waals surface area contributed by atoms with Crippen molar-refractivity contribution in [2.75, 3.05) is 7.11 Å². The van der Waals surface area contributed by atoms with Crippen molar-refractivity contribution in [1.29, 1.82) is 0 Å². The van der Waals surface area contributed by atoms with Gasteiger partial charge in [0, 0.05) is 5.56 Å². The first-order valence-electron chi connectivity index (χ1n) is 5.96. The third-order valence-electron chi connectivity index (χ3n) is 3.09. The number of carboxylic acids is 1. The number of aromatic nitrogens is 1. The number of hydrogen-bond acceptors (Lipinski definition) is 4. The van der Waals surface area contributed by atoms with Crippen LogP contribution in [0.15, 0.2) is 42.5 Å². The lowest BCUT2D eigenvalue weighted by molar-refractivity contribution is 0.0702. The molecule has 1 heterocycles.